The van der Waals surface area contributed by atoms with E-state index in [0.29, 0.717) is 6.54 Å². The normalized spacial score (nSPS) is 10.5. The number of benzene rings is 2. The molecule has 0 aromatic heterocycles. The molecule has 0 saturated carbocycles. The molecule has 0 aliphatic carbocycles. The average molecular weight is 387 g/mol. The predicted molar refractivity (Wildman–Crippen MR) is 85.3 cm³/mol. The van der Waals surface area contributed by atoms with E-state index >= 15 is 0 Å². The molecule has 2 aromatic rings. The second-order valence-corrected chi connectivity index (χ2v) is 5.82. The molecule has 4 heteroatoms. The molecular weight excluding hydrogens is 373 g/mol. The lowest BCUT2D eigenvalue weighted by Crippen LogP contribution is -2.17. The van der Waals surface area contributed by atoms with E-state index in [4.69, 9.17) is 0 Å². The average Bonchev–Trinajstić information content (AvgIpc) is 2.38. The third kappa shape index (κ3) is 3.80. The number of rotatable bonds is 4. The molecule has 1 nitrogen and oxygen atoms in total. The minimum atomic E-state index is -0.195. The molecule has 0 radical (unpaired) electrons. The van der Waals surface area contributed by atoms with Crippen LogP contribution in [0.15, 0.2) is 46.9 Å². The lowest BCUT2D eigenvalue weighted by Gasteiger charge is -2.21. The van der Waals surface area contributed by atoms with E-state index in [1.807, 2.05) is 13.1 Å². The zero-order chi connectivity index (χ0) is 13.8. The lowest BCUT2D eigenvalue weighted by molar-refractivity contribution is 0.625. The third-order valence-corrected chi connectivity index (χ3v) is 4.17. The smallest absolute Gasteiger partial charge is 0.123 e. The largest absolute Gasteiger partial charge is 0.369 e. The van der Waals surface area contributed by atoms with E-state index in [0.717, 1.165) is 21.1 Å². The van der Waals surface area contributed by atoms with E-state index in [-0.39, 0.29) is 5.82 Å². The minimum Gasteiger partial charge on any atom is -0.369 e. The summed E-state index contributed by atoms with van der Waals surface area (Å²) in [6.07, 6.45) is 0. The molecule has 2 rings (SSSR count). The topological polar surface area (TPSA) is 3.24 Å². The van der Waals surface area contributed by atoms with Gasteiger partial charge in [-0.15, -0.1) is 0 Å². The fourth-order valence-corrected chi connectivity index (χ4v) is 3.02. The molecule has 0 unspecified atom stereocenters. The Balaban J connectivity index is 2.18. The number of hydrogen-bond donors (Lipinski definition) is 0. The maximum atomic E-state index is 13.2. The Morgan fingerprint density at radius 2 is 1.89 bits per heavy atom. The number of anilines is 1. The molecule has 0 heterocycles. The maximum absolute atomic E-state index is 13.2. The van der Waals surface area contributed by atoms with E-state index in [1.54, 1.807) is 12.1 Å². The highest BCUT2D eigenvalue weighted by molar-refractivity contribution is 9.10. The molecule has 0 fully saturated rings. The Hall–Kier alpha value is -0.870. The summed E-state index contributed by atoms with van der Waals surface area (Å²) < 4.78 is 14.2. The maximum Gasteiger partial charge on any atom is 0.123 e. The van der Waals surface area contributed by atoms with Crippen molar-refractivity contribution in [2.75, 3.05) is 11.9 Å². The van der Waals surface area contributed by atoms with Crippen molar-refractivity contribution in [3.05, 3.63) is 63.9 Å². The van der Waals surface area contributed by atoms with Gasteiger partial charge in [0.25, 0.3) is 0 Å². The minimum absolute atomic E-state index is 0.195. The van der Waals surface area contributed by atoms with Gasteiger partial charge in [0, 0.05) is 23.4 Å². The van der Waals surface area contributed by atoms with Gasteiger partial charge in [0.2, 0.25) is 0 Å². The van der Waals surface area contributed by atoms with Crippen molar-refractivity contribution >= 4 is 37.5 Å². The monoisotopic (exact) mass is 385 g/mol. The number of alkyl halides is 1. The Morgan fingerprint density at radius 3 is 2.53 bits per heavy atom. The summed E-state index contributed by atoms with van der Waals surface area (Å²) in [4.78, 5) is 2.09. The Labute approximate surface area is 129 Å². The highest BCUT2D eigenvalue weighted by Crippen LogP contribution is 2.28. The van der Waals surface area contributed by atoms with Crippen LogP contribution in [0.2, 0.25) is 0 Å². The van der Waals surface area contributed by atoms with Crippen LogP contribution in [0, 0.1) is 5.82 Å². The van der Waals surface area contributed by atoms with Crippen LogP contribution >= 0.6 is 31.9 Å². The number of halogens is 3. The van der Waals surface area contributed by atoms with Gasteiger partial charge in [0.05, 0.1) is 5.69 Å². The van der Waals surface area contributed by atoms with Gasteiger partial charge in [0.15, 0.2) is 0 Å². The molecule has 19 heavy (non-hydrogen) atoms. The fourth-order valence-electron chi connectivity index (χ4n) is 1.94. The Morgan fingerprint density at radius 1 is 1.11 bits per heavy atom. The van der Waals surface area contributed by atoms with Crippen LogP contribution in [0.4, 0.5) is 10.1 Å². The highest BCUT2D eigenvalue weighted by atomic mass is 79.9. The standard InChI is InChI=1S/C15H14Br2FN/c1-19(10-12-3-2-4-13(18)7-12)15-6-5-11(9-16)8-14(15)17/h2-8H,9-10H2,1H3. The number of nitrogens with zero attached hydrogens (tertiary/aromatic N) is 1. The van der Waals surface area contributed by atoms with Crippen molar-refractivity contribution < 1.29 is 4.39 Å². The fraction of sp³-hybridized carbons (Fsp3) is 0.200. The highest BCUT2D eigenvalue weighted by Gasteiger charge is 2.07. The first-order chi connectivity index (χ1) is 9.10. The van der Waals surface area contributed by atoms with Crippen molar-refractivity contribution in [1.82, 2.24) is 0 Å². The second-order valence-electron chi connectivity index (χ2n) is 4.41. The van der Waals surface area contributed by atoms with Crippen molar-refractivity contribution in [3.63, 3.8) is 0 Å². The van der Waals surface area contributed by atoms with Crippen LogP contribution < -0.4 is 4.90 Å². The molecule has 0 atom stereocenters. The van der Waals surface area contributed by atoms with Gasteiger partial charge in [-0.1, -0.05) is 34.1 Å². The molecule has 0 spiro atoms. The van der Waals surface area contributed by atoms with Gasteiger partial charge in [-0.25, -0.2) is 4.39 Å². The van der Waals surface area contributed by atoms with E-state index in [1.165, 1.54) is 11.6 Å². The van der Waals surface area contributed by atoms with E-state index < -0.39 is 0 Å². The molecular formula is C15H14Br2FN. The molecule has 0 saturated heterocycles. The first-order valence-electron chi connectivity index (χ1n) is 5.90. The van der Waals surface area contributed by atoms with Crippen LogP contribution in [0.1, 0.15) is 11.1 Å². The summed E-state index contributed by atoms with van der Waals surface area (Å²) in [7, 11) is 2.00. The summed E-state index contributed by atoms with van der Waals surface area (Å²) in [5, 5.41) is 0.833. The van der Waals surface area contributed by atoms with Gasteiger partial charge >= 0.3 is 0 Å². The van der Waals surface area contributed by atoms with Gasteiger partial charge in [-0.3, -0.25) is 0 Å². The molecule has 0 amide bonds. The summed E-state index contributed by atoms with van der Waals surface area (Å²) in [5.41, 5.74) is 3.27. The van der Waals surface area contributed by atoms with Crippen molar-refractivity contribution in [2.45, 2.75) is 11.9 Å². The number of hydrogen-bond acceptors (Lipinski definition) is 1. The van der Waals surface area contributed by atoms with Crippen molar-refractivity contribution in [1.29, 1.82) is 0 Å². The summed E-state index contributed by atoms with van der Waals surface area (Å²) in [6.45, 7) is 0.671. The van der Waals surface area contributed by atoms with Crippen LogP contribution in [0.5, 0.6) is 0 Å². The SMILES string of the molecule is CN(Cc1cccc(F)c1)c1ccc(CBr)cc1Br. The molecule has 2 aromatic carbocycles. The van der Waals surface area contributed by atoms with Crippen LogP contribution in [0.3, 0.4) is 0 Å². The van der Waals surface area contributed by atoms with Gasteiger partial charge in [-0.2, -0.15) is 0 Å². The lowest BCUT2D eigenvalue weighted by atomic mass is 10.2. The van der Waals surface area contributed by atoms with Gasteiger partial charge in [0.1, 0.15) is 5.82 Å². The zero-order valence-electron chi connectivity index (χ0n) is 10.5. The van der Waals surface area contributed by atoms with E-state index in [2.05, 4.69) is 55.0 Å². The molecule has 100 valence electrons. The summed E-state index contributed by atoms with van der Waals surface area (Å²) in [5.74, 6) is -0.195. The predicted octanol–water partition coefficient (Wildman–Crippen LogP) is 5.12. The first-order valence-corrected chi connectivity index (χ1v) is 7.81. The summed E-state index contributed by atoms with van der Waals surface area (Å²) >= 11 is 7.02. The molecule has 0 aliphatic heterocycles. The first kappa shape index (κ1) is 14.5. The van der Waals surface area contributed by atoms with Gasteiger partial charge in [-0.05, 0) is 51.3 Å². The molecule has 0 aliphatic rings. The van der Waals surface area contributed by atoms with Crippen LogP contribution in [-0.4, -0.2) is 7.05 Å². The second kappa shape index (κ2) is 6.53. The van der Waals surface area contributed by atoms with Crippen molar-refractivity contribution in [3.8, 4) is 0 Å². The zero-order valence-corrected chi connectivity index (χ0v) is 13.7. The van der Waals surface area contributed by atoms with E-state index in [9.17, 15) is 4.39 Å². The van der Waals surface area contributed by atoms with Crippen molar-refractivity contribution in [2.24, 2.45) is 0 Å². The van der Waals surface area contributed by atoms with Crippen LogP contribution in [0.25, 0.3) is 0 Å². The molecule has 0 N–H and O–H groups in total. The Bertz CT molecular complexity index is 572. The quantitative estimate of drug-likeness (QED) is 0.659. The van der Waals surface area contributed by atoms with Crippen LogP contribution in [-0.2, 0) is 11.9 Å². The van der Waals surface area contributed by atoms with Gasteiger partial charge < -0.3 is 4.90 Å². The summed E-state index contributed by atoms with van der Waals surface area (Å²) in [6, 6.07) is 12.9. The Kier molecular flexibility index (Phi) is 4.99. The molecule has 0 bridgehead atoms. The third-order valence-electron chi connectivity index (χ3n) is 2.89.